The summed E-state index contributed by atoms with van der Waals surface area (Å²) in [7, 11) is -1.23. The monoisotopic (exact) mass is 534 g/mol. The zero-order chi connectivity index (χ0) is 27.8. The number of nitrogens with one attached hydrogen (secondary N) is 1. The largest absolute Gasteiger partial charge is 0.354 e. The van der Waals surface area contributed by atoms with Crippen LogP contribution in [0, 0.1) is 19.7 Å². The van der Waals surface area contributed by atoms with E-state index in [1.54, 1.807) is 38.1 Å². The van der Waals surface area contributed by atoms with Gasteiger partial charge in [-0.25, -0.2) is 8.70 Å². The van der Waals surface area contributed by atoms with Crippen molar-refractivity contribution in [2.75, 3.05) is 31.5 Å². The van der Waals surface area contributed by atoms with Gasteiger partial charge in [0.2, 0.25) is 11.8 Å². The summed E-state index contributed by atoms with van der Waals surface area (Å²) in [4.78, 5) is 28.3. The van der Waals surface area contributed by atoms with Gasteiger partial charge in [-0.3, -0.25) is 9.59 Å². The molecule has 0 fully saturated rings. The summed E-state index contributed by atoms with van der Waals surface area (Å²) in [6.07, 6.45) is 2.03. The molecule has 0 radical (unpaired) electrons. The van der Waals surface area contributed by atoms with Gasteiger partial charge in [-0.15, -0.1) is 0 Å². The van der Waals surface area contributed by atoms with Crippen LogP contribution in [0.3, 0.4) is 0 Å². The third-order valence-electron chi connectivity index (χ3n) is 6.13. The molecule has 2 aromatic carbocycles. The topological polar surface area (TPSA) is 90.0 Å². The molecule has 0 heterocycles. The van der Waals surface area contributed by atoms with E-state index in [2.05, 4.69) is 5.32 Å². The number of carbonyl (C=O) groups excluding carboxylic acids is 2. The Bertz CT molecular complexity index is 1170. The number of amides is 2. The van der Waals surface area contributed by atoms with Crippen LogP contribution in [0.25, 0.3) is 0 Å². The van der Waals surface area contributed by atoms with Crippen LogP contribution in [0.15, 0.2) is 42.5 Å². The highest BCUT2D eigenvalue weighted by atomic mass is 32.2. The second-order valence-electron chi connectivity index (χ2n) is 9.30. The fourth-order valence-corrected chi connectivity index (χ4v) is 5.02. The number of unbranched alkanes of at least 4 members (excludes halogenated alkanes) is 1. The molecule has 1 unspecified atom stereocenters. The molecule has 0 aromatic heterocycles. The molecule has 0 bridgehead atoms. The Morgan fingerprint density at radius 3 is 2.24 bits per heavy atom. The predicted molar refractivity (Wildman–Crippen MR) is 145 cm³/mol. The van der Waals surface area contributed by atoms with E-state index < -0.39 is 34.5 Å². The molecule has 2 amide bonds. The Balaban J connectivity index is 2.51. The number of nitrogens with zero attached hydrogens (tertiary/aromatic N) is 3. The molecule has 1 N–H and O–H groups in total. The van der Waals surface area contributed by atoms with E-state index in [1.165, 1.54) is 31.1 Å². The van der Waals surface area contributed by atoms with Crippen LogP contribution in [0.4, 0.5) is 10.1 Å². The number of carbonyl (C=O) groups is 2. The smallest absolute Gasteiger partial charge is 0.304 e. The molecule has 8 nitrogen and oxygen atoms in total. The fourth-order valence-electron chi connectivity index (χ4n) is 3.90. The first-order valence-corrected chi connectivity index (χ1v) is 13.9. The lowest BCUT2D eigenvalue weighted by Crippen LogP contribution is -2.53. The lowest BCUT2D eigenvalue weighted by Gasteiger charge is -2.34. The molecule has 2 aromatic rings. The van der Waals surface area contributed by atoms with Gasteiger partial charge in [-0.1, -0.05) is 44.5 Å². The lowest BCUT2D eigenvalue weighted by atomic mass is 10.1. The lowest BCUT2D eigenvalue weighted by molar-refractivity contribution is -0.140. The predicted octanol–water partition coefficient (Wildman–Crippen LogP) is 3.78. The number of rotatable bonds is 13. The van der Waals surface area contributed by atoms with Gasteiger partial charge in [0, 0.05) is 27.2 Å². The van der Waals surface area contributed by atoms with E-state index in [4.69, 9.17) is 0 Å². The van der Waals surface area contributed by atoms with Crippen molar-refractivity contribution in [3.63, 3.8) is 0 Å². The second-order valence-corrected chi connectivity index (χ2v) is 11.4. The van der Waals surface area contributed by atoms with E-state index in [0.29, 0.717) is 29.8 Å². The molecule has 204 valence electrons. The Morgan fingerprint density at radius 1 is 1.03 bits per heavy atom. The normalized spacial score (nSPS) is 12.3. The summed E-state index contributed by atoms with van der Waals surface area (Å²) in [6, 6.07) is 10.3. The maximum atomic E-state index is 13.8. The van der Waals surface area contributed by atoms with E-state index in [0.717, 1.165) is 27.0 Å². The third kappa shape index (κ3) is 8.00. The summed E-state index contributed by atoms with van der Waals surface area (Å²) in [5.74, 6) is -1.25. The minimum absolute atomic E-state index is 0.0292. The maximum Gasteiger partial charge on any atom is 0.304 e. The van der Waals surface area contributed by atoms with Crippen molar-refractivity contribution >= 4 is 27.7 Å². The zero-order valence-electron chi connectivity index (χ0n) is 22.6. The van der Waals surface area contributed by atoms with Crippen molar-refractivity contribution in [1.29, 1.82) is 0 Å². The SMILES string of the molecule is CCCCNC(=O)C(CC)N(Cc1ccc(F)cc1)C(=O)CN(c1cc(C)ccc1C)S(=O)(=O)N(C)C. The Labute approximate surface area is 220 Å². The van der Waals surface area contributed by atoms with Crippen molar-refractivity contribution in [3.05, 3.63) is 65.0 Å². The Kier molecular flexibility index (Phi) is 11.1. The number of hydrogen-bond donors (Lipinski definition) is 1. The number of aryl methyl sites for hydroxylation is 2. The summed E-state index contributed by atoms with van der Waals surface area (Å²) in [6.45, 7) is 7.46. The maximum absolute atomic E-state index is 13.8. The van der Waals surface area contributed by atoms with Gasteiger partial charge in [-0.2, -0.15) is 12.7 Å². The van der Waals surface area contributed by atoms with Crippen molar-refractivity contribution in [2.24, 2.45) is 0 Å². The van der Waals surface area contributed by atoms with Gasteiger partial charge in [0.1, 0.15) is 18.4 Å². The van der Waals surface area contributed by atoms with E-state index in [9.17, 15) is 22.4 Å². The van der Waals surface area contributed by atoms with Crippen LogP contribution < -0.4 is 9.62 Å². The van der Waals surface area contributed by atoms with Crippen molar-refractivity contribution in [2.45, 2.75) is 59.5 Å². The minimum Gasteiger partial charge on any atom is -0.354 e. The van der Waals surface area contributed by atoms with Crippen molar-refractivity contribution in [1.82, 2.24) is 14.5 Å². The van der Waals surface area contributed by atoms with Gasteiger partial charge in [0.25, 0.3) is 0 Å². The van der Waals surface area contributed by atoms with Gasteiger partial charge in [0.05, 0.1) is 5.69 Å². The summed E-state index contributed by atoms with van der Waals surface area (Å²) >= 11 is 0. The van der Waals surface area contributed by atoms with E-state index >= 15 is 0 Å². The average Bonchev–Trinajstić information content (AvgIpc) is 2.85. The zero-order valence-corrected chi connectivity index (χ0v) is 23.4. The summed E-state index contributed by atoms with van der Waals surface area (Å²) in [5, 5.41) is 2.88. The molecule has 0 aliphatic heterocycles. The highest BCUT2D eigenvalue weighted by molar-refractivity contribution is 7.90. The second kappa shape index (κ2) is 13.5. The molecule has 37 heavy (non-hydrogen) atoms. The highest BCUT2D eigenvalue weighted by Gasteiger charge is 2.34. The fraction of sp³-hybridized carbons (Fsp3) is 0.481. The molecule has 2 rings (SSSR count). The Morgan fingerprint density at radius 2 is 1.68 bits per heavy atom. The van der Waals surface area contributed by atoms with Crippen molar-refractivity contribution < 1.29 is 22.4 Å². The molecule has 1 atom stereocenters. The number of halogens is 1. The molecule has 0 saturated heterocycles. The van der Waals surface area contributed by atoms with Crippen LogP contribution in [0.2, 0.25) is 0 Å². The summed E-state index contributed by atoms with van der Waals surface area (Å²) < 4.78 is 42.4. The molecule has 0 aliphatic rings. The first kappa shape index (κ1) is 30.2. The highest BCUT2D eigenvalue weighted by Crippen LogP contribution is 2.26. The minimum atomic E-state index is -4.04. The van der Waals surface area contributed by atoms with Crippen LogP contribution in [0.5, 0.6) is 0 Å². The standard InChI is InChI=1S/C27H39FN4O4S/c1-7-9-16-29-27(34)24(8-2)31(18-22-12-14-23(28)15-13-22)26(33)19-32(37(35,36)30(5)6)25-17-20(3)10-11-21(25)4/h10-15,17,24H,7-9,16,18-19H2,1-6H3,(H,29,34). The first-order valence-electron chi connectivity index (χ1n) is 12.5. The van der Waals surface area contributed by atoms with Gasteiger partial charge in [-0.05, 0) is 61.6 Å². The van der Waals surface area contributed by atoms with Crippen LogP contribution in [-0.2, 0) is 26.3 Å². The summed E-state index contributed by atoms with van der Waals surface area (Å²) in [5.41, 5.74) is 2.56. The quantitative estimate of drug-likeness (QED) is 0.396. The first-order chi connectivity index (χ1) is 17.4. The molecular formula is C27H39FN4O4S. The van der Waals surface area contributed by atoms with Crippen LogP contribution in [-0.4, -0.2) is 62.7 Å². The third-order valence-corrected chi connectivity index (χ3v) is 7.94. The number of benzene rings is 2. The van der Waals surface area contributed by atoms with Gasteiger partial charge < -0.3 is 10.2 Å². The van der Waals surface area contributed by atoms with E-state index in [1.807, 2.05) is 19.9 Å². The molecule has 0 aliphatic carbocycles. The molecule has 0 spiro atoms. The van der Waals surface area contributed by atoms with Gasteiger partial charge >= 0.3 is 10.2 Å². The van der Waals surface area contributed by atoms with Crippen LogP contribution in [0.1, 0.15) is 49.8 Å². The molecule has 0 saturated carbocycles. The van der Waals surface area contributed by atoms with Crippen LogP contribution >= 0.6 is 0 Å². The number of anilines is 1. The Hall–Kier alpha value is -2.98. The number of hydrogen-bond acceptors (Lipinski definition) is 4. The average molecular weight is 535 g/mol. The van der Waals surface area contributed by atoms with Gasteiger partial charge in [0.15, 0.2) is 0 Å². The molecule has 10 heteroatoms. The van der Waals surface area contributed by atoms with Crippen molar-refractivity contribution in [3.8, 4) is 0 Å². The van der Waals surface area contributed by atoms with E-state index in [-0.39, 0.29) is 12.5 Å². The molecular weight excluding hydrogens is 495 g/mol.